The van der Waals surface area contributed by atoms with Gasteiger partial charge in [0.05, 0.1) is 11.0 Å². The van der Waals surface area contributed by atoms with Gasteiger partial charge in [0.2, 0.25) is 0 Å². The Morgan fingerprint density at radius 1 is 1.33 bits per heavy atom. The number of aromatic nitrogens is 2. The topological polar surface area (TPSA) is 28.7 Å². The minimum atomic E-state index is 0.248. The lowest BCUT2D eigenvalue weighted by Crippen LogP contribution is -2.10. The number of nitrogens with one attached hydrogen (secondary N) is 1. The number of fused-ring (bicyclic) bond motifs is 1. The lowest BCUT2D eigenvalue weighted by atomic mass is 9.92. The van der Waals surface area contributed by atoms with E-state index in [1.165, 1.54) is 0 Å². The molecule has 0 aliphatic carbocycles. The van der Waals surface area contributed by atoms with Crippen molar-refractivity contribution in [1.82, 2.24) is 9.97 Å². The largest absolute Gasteiger partial charge is 0.342 e. The second kappa shape index (κ2) is 3.53. The summed E-state index contributed by atoms with van der Waals surface area (Å²) in [7, 11) is 0. The fraction of sp³-hybridized carbons (Fsp3) is 0.417. The van der Waals surface area contributed by atoms with Gasteiger partial charge >= 0.3 is 0 Å². The van der Waals surface area contributed by atoms with Gasteiger partial charge in [-0.15, -0.1) is 0 Å². The molecule has 2 rings (SSSR count). The normalized spacial score (nSPS) is 12.3. The van der Waals surface area contributed by atoms with Gasteiger partial charge in [-0.05, 0) is 23.6 Å². The number of nitrogens with zero attached hydrogens (tertiary/aromatic N) is 1. The van der Waals surface area contributed by atoms with Gasteiger partial charge in [0, 0.05) is 11.4 Å². The highest BCUT2D eigenvalue weighted by Crippen LogP contribution is 2.22. The van der Waals surface area contributed by atoms with Gasteiger partial charge in [-0.25, -0.2) is 4.98 Å². The van der Waals surface area contributed by atoms with Crippen LogP contribution < -0.4 is 0 Å². The van der Waals surface area contributed by atoms with E-state index in [9.17, 15) is 0 Å². The summed E-state index contributed by atoms with van der Waals surface area (Å²) in [6, 6.07) is 5.74. The first kappa shape index (κ1) is 10.5. The lowest BCUT2D eigenvalue weighted by Gasteiger charge is -2.15. The number of aromatic amines is 1. The molecular weight excluding hydrogens is 208 g/mol. The smallest absolute Gasteiger partial charge is 0.107 e. The summed E-state index contributed by atoms with van der Waals surface area (Å²) < 4.78 is 0. The molecule has 1 heterocycles. The summed E-state index contributed by atoms with van der Waals surface area (Å²) in [6.07, 6.45) is 0.944. The zero-order valence-corrected chi connectivity index (χ0v) is 10.0. The van der Waals surface area contributed by atoms with Crippen molar-refractivity contribution in [2.45, 2.75) is 27.2 Å². The molecule has 0 saturated heterocycles. The van der Waals surface area contributed by atoms with E-state index in [4.69, 9.17) is 11.6 Å². The van der Waals surface area contributed by atoms with Crippen molar-refractivity contribution in [3.63, 3.8) is 0 Å². The minimum Gasteiger partial charge on any atom is -0.342 e. The molecule has 0 fully saturated rings. The highest BCUT2D eigenvalue weighted by Gasteiger charge is 2.14. The number of H-pyrrole nitrogens is 1. The third kappa shape index (κ3) is 2.51. The first-order chi connectivity index (χ1) is 6.94. The van der Waals surface area contributed by atoms with E-state index < -0.39 is 0 Å². The van der Waals surface area contributed by atoms with Gasteiger partial charge in [-0.3, -0.25) is 0 Å². The molecule has 1 aromatic heterocycles. The lowest BCUT2D eigenvalue weighted by molar-refractivity contribution is 0.402. The first-order valence-corrected chi connectivity index (χ1v) is 5.46. The van der Waals surface area contributed by atoms with E-state index in [1.54, 1.807) is 0 Å². The quantitative estimate of drug-likeness (QED) is 0.781. The third-order valence-corrected chi connectivity index (χ3v) is 2.43. The van der Waals surface area contributed by atoms with Crippen molar-refractivity contribution in [3.05, 3.63) is 29.0 Å². The molecule has 0 bridgehead atoms. The molecule has 0 radical (unpaired) electrons. The number of imidazole rings is 1. The zero-order chi connectivity index (χ0) is 11.1. The molecule has 3 heteroatoms. The van der Waals surface area contributed by atoms with Crippen LogP contribution in [-0.4, -0.2) is 9.97 Å². The zero-order valence-electron chi connectivity index (χ0n) is 9.26. The monoisotopic (exact) mass is 222 g/mol. The molecule has 0 spiro atoms. The van der Waals surface area contributed by atoms with Crippen molar-refractivity contribution >= 4 is 22.6 Å². The maximum atomic E-state index is 5.91. The van der Waals surface area contributed by atoms with Crippen molar-refractivity contribution in [1.29, 1.82) is 0 Å². The molecular formula is C12H15ClN2. The fourth-order valence-corrected chi connectivity index (χ4v) is 1.78. The Hall–Kier alpha value is -1.02. The Morgan fingerprint density at radius 2 is 2.07 bits per heavy atom. The predicted molar refractivity (Wildman–Crippen MR) is 64.3 cm³/mol. The van der Waals surface area contributed by atoms with Crippen LogP contribution in [0.2, 0.25) is 5.02 Å². The number of halogens is 1. The second-order valence-electron chi connectivity index (χ2n) is 5.08. The van der Waals surface area contributed by atoms with Gasteiger partial charge in [0.25, 0.3) is 0 Å². The Bertz CT molecular complexity index is 480. The first-order valence-electron chi connectivity index (χ1n) is 5.08. The van der Waals surface area contributed by atoms with E-state index in [2.05, 4.69) is 30.7 Å². The van der Waals surface area contributed by atoms with Crippen LogP contribution in [-0.2, 0) is 6.42 Å². The molecule has 0 aliphatic rings. The van der Waals surface area contributed by atoms with Crippen LogP contribution in [0.25, 0.3) is 11.0 Å². The molecule has 1 aromatic carbocycles. The van der Waals surface area contributed by atoms with Crippen LogP contribution in [0.15, 0.2) is 18.2 Å². The summed E-state index contributed by atoms with van der Waals surface area (Å²) in [5.74, 6) is 1.03. The fourth-order valence-electron chi connectivity index (χ4n) is 1.62. The van der Waals surface area contributed by atoms with Crippen LogP contribution in [0, 0.1) is 5.41 Å². The number of hydrogen-bond donors (Lipinski definition) is 1. The highest BCUT2D eigenvalue weighted by molar-refractivity contribution is 6.31. The summed E-state index contributed by atoms with van der Waals surface area (Å²) in [5.41, 5.74) is 2.25. The molecule has 0 saturated carbocycles. The van der Waals surface area contributed by atoms with E-state index in [0.29, 0.717) is 0 Å². The number of hydrogen-bond acceptors (Lipinski definition) is 1. The van der Waals surface area contributed by atoms with Crippen LogP contribution in [0.3, 0.4) is 0 Å². The molecule has 0 amide bonds. The predicted octanol–water partition coefficient (Wildman–Crippen LogP) is 3.80. The van der Waals surface area contributed by atoms with Crippen molar-refractivity contribution in [2.75, 3.05) is 0 Å². The Balaban J connectivity index is 2.39. The molecule has 0 unspecified atom stereocenters. The average molecular weight is 223 g/mol. The molecule has 1 N–H and O–H groups in total. The summed E-state index contributed by atoms with van der Waals surface area (Å²) in [5, 5.41) is 0.733. The maximum Gasteiger partial charge on any atom is 0.107 e. The average Bonchev–Trinajstić information content (AvgIpc) is 2.42. The summed E-state index contributed by atoms with van der Waals surface area (Å²) in [6.45, 7) is 6.60. The third-order valence-electron chi connectivity index (χ3n) is 2.19. The highest BCUT2D eigenvalue weighted by atomic mass is 35.5. The van der Waals surface area contributed by atoms with Gasteiger partial charge in [0.1, 0.15) is 5.82 Å². The van der Waals surface area contributed by atoms with Crippen molar-refractivity contribution < 1.29 is 0 Å². The SMILES string of the molecule is CC(C)(C)Cc1nc2cc(Cl)ccc2[nH]1. The van der Waals surface area contributed by atoms with Crippen LogP contribution in [0.5, 0.6) is 0 Å². The van der Waals surface area contributed by atoms with Crippen molar-refractivity contribution in [3.8, 4) is 0 Å². The van der Waals surface area contributed by atoms with Crippen LogP contribution in [0.4, 0.5) is 0 Å². The van der Waals surface area contributed by atoms with Gasteiger partial charge < -0.3 is 4.98 Å². The van der Waals surface area contributed by atoms with Crippen LogP contribution >= 0.6 is 11.6 Å². The number of rotatable bonds is 1. The van der Waals surface area contributed by atoms with Gasteiger partial charge in [-0.2, -0.15) is 0 Å². The summed E-state index contributed by atoms with van der Waals surface area (Å²) in [4.78, 5) is 7.83. The molecule has 15 heavy (non-hydrogen) atoms. The minimum absolute atomic E-state index is 0.248. The van der Waals surface area contributed by atoms with E-state index in [-0.39, 0.29) is 5.41 Å². The van der Waals surface area contributed by atoms with E-state index in [1.807, 2.05) is 18.2 Å². The Kier molecular flexibility index (Phi) is 2.47. The van der Waals surface area contributed by atoms with Gasteiger partial charge in [0.15, 0.2) is 0 Å². The Morgan fingerprint density at radius 3 is 2.73 bits per heavy atom. The standard InChI is InChI=1S/C12H15ClN2/c1-12(2,3)7-11-14-9-5-4-8(13)6-10(9)15-11/h4-6H,7H2,1-3H3,(H,14,15). The van der Waals surface area contributed by atoms with Gasteiger partial charge in [-0.1, -0.05) is 32.4 Å². The van der Waals surface area contributed by atoms with Crippen LogP contribution in [0.1, 0.15) is 26.6 Å². The summed E-state index contributed by atoms with van der Waals surface area (Å²) >= 11 is 5.91. The number of benzene rings is 1. The molecule has 80 valence electrons. The molecule has 0 aliphatic heterocycles. The maximum absolute atomic E-state index is 5.91. The van der Waals surface area contributed by atoms with E-state index in [0.717, 1.165) is 28.3 Å². The molecule has 2 nitrogen and oxygen atoms in total. The van der Waals surface area contributed by atoms with E-state index >= 15 is 0 Å². The molecule has 0 atom stereocenters. The molecule has 2 aromatic rings. The second-order valence-corrected chi connectivity index (χ2v) is 5.52. The van der Waals surface area contributed by atoms with Crippen molar-refractivity contribution in [2.24, 2.45) is 5.41 Å². The Labute approximate surface area is 94.7 Å².